The summed E-state index contributed by atoms with van der Waals surface area (Å²) in [4.78, 5) is 37.5. The molecular formula is C19H18N2O6. The smallest absolute Gasteiger partial charge is 0.296 e. The summed E-state index contributed by atoms with van der Waals surface area (Å²) in [6.45, 7) is 1.42. The van der Waals surface area contributed by atoms with E-state index < -0.39 is 28.9 Å². The molecule has 2 aromatic rings. The number of aliphatic hydroxyl groups is 1. The number of ether oxygens (including phenoxy) is 1. The van der Waals surface area contributed by atoms with Crippen molar-refractivity contribution in [2.75, 3.05) is 12.0 Å². The van der Waals surface area contributed by atoms with Gasteiger partial charge in [0, 0.05) is 5.56 Å². The van der Waals surface area contributed by atoms with Crippen molar-refractivity contribution >= 4 is 23.1 Å². The quantitative estimate of drug-likeness (QED) is 0.361. The van der Waals surface area contributed by atoms with Crippen LogP contribution in [0.2, 0.25) is 0 Å². The lowest BCUT2D eigenvalue weighted by Gasteiger charge is -2.46. The predicted molar refractivity (Wildman–Crippen MR) is 96.9 cm³/mol. The number of nitro benzene ring substituents is 1. The Morgan fingerprint density at radius 2 is 1.93 bits per heavy atom. The van der Waals surface area contributed by atoms with Gasteiger partial charge >= 0.3 is 0 Å². The van der Waals surface area contributed by atoms with Crippen molar-refractivity contribution in [3.63, 3.8) is 0 Å². The number of anilines is 1. The van der Waals surface area contributed by atoms with Gasteiger partial charge in [-0.2, -0.15) is 0 Å². The van der Waals surface area contributed by atoms with Crippen molar-refractivity contribution in [1.82, 2.24) is 0 Å². The zero-order valence-electron chi connectivity index (χ0n) is 14.7. The van der Waals surface area contributed by atoms with Gasteiger partial charge in [0.25, 0.3) is 5.69 Å². The molecule has 27 heavy (non-hydrogen) atoms. The molecule has 1 aliphatic heterocycles. The van der Waals surface area contributed by atoms with Crippen LogP contribution in [-0.2, 0) is 4.79 Å². The molecule has 1 N–H and O–H groups in total. The number of aliphatic hydroxyl groups excluding tert-OH is 1. The Bertz CT molecular complexity index is 896. The molecule has 0 saturated carbocycles. The Labute approximate surface area is 155 Å². The minimum atomic E-state index is -1.07. The van der Waals surface area contributed by atoms with Gasteiger partial charge in [-0.1, -0.05) is 30.3 Å². The van der Waals surface area contributed by atoms with E-state index >= 15 is 0 Å². The molecule has 1 aliphatic rings. The summed E-state index contributed by atoms with van der Waals surface area (Å²) in [6.07, 6.45) is -1.07. The van der Waals surface area contributed by atoms with Crippen molar-refractivity contribution in [3.8, 4) is 5.75 Å². The van der Waals surface area contributed by atoms with Gasteiger partial charge in [-0.05, 0) is 19.1 Å². The summed E-state index contributed by atoms with van der Waals surface area (Å²) in [5, 5.41) is 21.5. The van der Waals surface area contributed by atoms with Crippen LogP contribution in [-0.4, -0.2) is 41.0 Å². The summed E-state index contributed by atoms with van der Waals surface area (Å²) in [5.41, 5.74) is 0.0106. The maximum atomic E-state index is 13.0. The van der Waals surface area contributed by atoms with E-state index in [1.54, 1.807) is 30.3 Å². The number of β-lactam (4-membered cyclic amide) rings is 1. The first-order chi connectivity index (χ1) is 12.9. The molecule has 3 atom stereocenters. The third kappa shape index (κ3) is 3.15. The van der Waals surface area contributed by atoms with Gasteiger partial charge in [-0.3, -0.25) is 24.6 Å². The summed E-state index contributed by atoms with van der Waals surface area (Å²) in [6, 6.07) is 11.4. The van der Waals surface area contributed by atoms with Gasteiger partial charge in [0.15, 0.2) is 5.78 Å². The number of nitrogens with zero attached hydrogens (tertiary/aromatic N) is 2. The van der Waals surface area contributed by atoms with Crippen LogP contribution in [0.5, 0.6) is 5.75 Å². The van der Waals surface area contributed by atoms with E-state index in [4.69, 9.17) is 4.74 Å². The standard InChI is InChI=1S/C19H18N2O6/c1-11(22)16-17(18(23)12-6-4-3-5-7-12)20(19(16)24)14-9-8-13(27-2)10-15(14)21(25)26/h3-11,16-17,22H,1-2H3/t11?,16-,17+/m0/s1. The van der Waals surface area contributed by atoms with E-state index in [1.807, 2.05) is 0 Å². The Morgan fingerprint density at radius 1 is 1.26 bits per heavy atom. The van der Waals surface area contributed by atoms with E-state index in [0.717, 1.165) is 4.90 Å². The third-order valence-corrected chi connectivity index (χ3v) is 4.63. The van der Waals surface area contributed by atoms with Crippen molar-refractivity contribution in [2.45, 2.75) is 19.1 Å². The van der Waals surface area contributed by atoms with Crippen LogP contribution in [0.1, 0.15) is 17.3 Å². The maximum Gasteiger partial charge on any atom is 0.296 e. The fourth-order valence-corrected chi connectivity index (χ4v) is 3.28. The molecule has 0 radical (unpaired) electrons. The first-order valence-corrected chi connectivity index (χ1v) is 8.29. The molecule has 8 nitrogen and oxygen atoms in total. The van der Waals surface area contributed by atoms with E-state index in [0.29, 0.717) is 5.56 Å². The summed E-state index contributed by atoms with van der Waals surface area (Å²) in [7, 11) is 1.37. The fraction of sp³-hybridized carbons (Fsp3) is 0.263. The molecule has 1 unspecified atom stereocenters. The average molecular weight is 370 g/mol. The second-order valence-corrected chi connectivity index (χ2v) is 6.26. The van der Waals surface area contributed by atoms with Crippen LogP contribution in [0.4, 0.5) is 11.4 Å². The highest BCUT2D eigenvalue weighted by Gasteiger charge is 2.55. The highest BCUT2D eigenvalue weighted by atomic mass is 16.6. The lowest BCUT2D eigenvalue weighted by Crippen LogP contribution is -2.67. The first kappa shape index (κ1) is 18.5. The van der Waals surface area contributed by atoms with Crippen LogP contribution >= 0.6 is 0 Å². The number of carbonyl (C=O) groups is 2. The predicted octanol–water partition coefficient (Wildman–Crippen LogP) is 2.20. The second-order valence-electron chi connectivity index (χ2n) is 6.26. The number of carbonyl (C=O) groups excluding carboxylic acids is 2. The van der Waals surface area contributed by atoms with E-state index in [1.165, 1.54) is 32.2 Å². The molecular weight excluding hydrogens is 352 g/mol. The van der Waals surface area contributed by atoms with Crippen LogP contribution in [0.25, 0.3) is 0 Å². The monoisotopic (exact) mass is 370 g/mol. The number of amides is 1. The number of hydrogen-bond acceptors (Lipinski definition) is 6. The molecule has 1 saturated heterocycles. The second kappa shape index (κ2) is 7.16. The summed E-state index contributed by atoms with van der Waals surface area (Å²) in [5.74, 6) is -1.62. The Balaban J connectivity index is 2.07. The molecule has 1 fully saturated rings. The van der Waals surface area contributed by atoms with Gasteiger partial charge in [0.1, 0.15) is 17.5 Å². The molecule has 0 aliphatic carbocycles. The lowest BCUT2D eigenvalue weighted by atomic mass is 9.78. The number of benzene rings is 2. The topological polar surface area (TPSA) is 110 Å². The SMILES string of the molecule is COc1ccc(N2C(=O)[C@@H](C(C)O)[C@@H]2C(=O)c2ccccc2)c([N+](=O)[O-])c1. The van der Waals surface area contributed by atoms with Crippen molar-refractivity contribution in [1.29, 1.82) is 0 Å². The first-order valence-electron chi connectivity index (χ1n) is 8.29. The third-order valence-electron chi connectivity index (χ3n) is 4.63. The maximum absolute atomic E-state index is 13.0. The van der Waals surface area contributed by atoms with Crippen LogP contribution < -0.4 is 9.64 Å². The molecule has 140 valence electrons. The molecule has 2 aromatic carbocycles. The van der Waals surface area contributed by atoms with Gasteiger partial charge in [0.2, 0.25) is 5.91 Å². The minimum absolute atomic E-state index is 0.00280. The van der Waals surface area contributed by atoms with Gasteiger partial charge < -0.3 is 9.84 Å². The van der Waals surface area contributed by atoms with E-state index in [9.17, 15) is 24.8 Å². The molecule has 1 heterocycles. The summed E-state index contributed by atoms with van der Waals surface area (Å²) < 4.78 is 5.01. The molecule has 1 amide bonds. The van der Waals surface area contributed by atoms with Gasteiger partial charge in [0.05, 0.1) is 30.1 Å². The Hall–Kier alpha value is -3.26. The number of Topliss-reactive ketones (excluding diaryl/α,β-unsaturated/α-hetero) is 1. The van der Waals surface area contributed by atoms with Crippen molar-refractivity contribution in [2.24, 2.45) is 5.92 Å². The van der Waals surface area contributed by atoms with Crippen molar-refractivity contribution < 1.29 is 24.4 Å². The number of methoxy groups -OCH3 is 1. The zero-order chi connectivity index (χ0) is 19.7. The van der Waals surface area contributed by atoms with Gasteiger partial charge in [-0.25, -0.2) is 0 Å². The minimum Gasteiger partial charge on any atom is -0.496 e. The number of ketones is 1. The van der Waals surface area contributed by atoms with Crippen LogP contribution in [0.15, 0.2) is 48.5 Å². The van der Waals surface area contributed by atoms with E-state index in [2.05, 4.69) is 0 Å². The van der Waals surface area contributed by atoms with Gasteiger partial charge in [-0.15, -0.1) is 0 Å². The molecule has 0 spiro atoms. The van der Waals surface area contributed by atoms with Crippen LogP contribution in [0.3, 0.4) is 0 Å². The number of nitro groups is 1. The largest absolute Gasteiger partial charge is 0.496 e. The molecule has 8 heteroatoms. The normalized spacial score (nSPS) is 20.0. The lowest BCUT2D eigenvalue weighted by molar-refractivity contribution is -0.384. The summed E-state index contributed by atoms with van der Waals surface area (Å²) >= 11 is 0. The van der Waals surface area contributed by atoms with Crippen LogP contribution in [0, 0.1) is 16.0 Å². The molecule has 0 aromatic heterocycles. The number of hydrogen-bond donors (Lipinski definition) is 1. The van der Waals surface area contributed by atoms with E-state index in [-0.39, 0.29) is 22.9 Å². The Morgan fingerprint density at radius 3 is 2.48 bits per heavy atom. The fourth-order valence-electron chi connectivity index (χ4n) is 3.28. The molecule has 3 rings (SSSR count). The highest BCUT2D eigenvalue weighted by molar-refractivity contribution is 6.17. The average Bonchev–Trinajstić information content (AvgIpc) is 2.66. The number of rotatable bonds is 6. The Kier molecular flexibility index (Phi) is 4.91. The van der Waals surface area contributed by atoms with Crippen molar-refractivity contribution in [3.05, 3.63) is 64.2 Å². The molecule has 0 bridgehead atoms. The zero-order valence-corrected chi connectivity index (χ0v) is 14.7. The highest BCUT2D eigenvalue weighted by Crippen LogP contribution is 2.42.